The molecule has 1 N–H and O–H groups in total. The number of nitrogens with zero attached hydrogens (tertiary/aromatic N) is 5. The molecule has 1 atom stereocenters. The van der Waals surface area contributed by atoms with Gasteiger partial charge in [0.05, 0.1) is 4.90 Å². The van der Waals surface area contributed by atoms with Crippen molar-refractivity contribution < 1.29 is 13.2 Å². The molecule has 2 aromatic carbocycles. The highest BCUT2D eigenvalue weighted by Gasteiger charge is 2.31. The summed E-state index contributed by atoms with van der Waals surface area (Å²) in [6, 6.07) is 12.4. The van der Waals surface area contributed by atoms with E-state index in [9.17, 15) is 13.2 Å². The molecule has 5 rings (SSSR count). The number of fused-ring (bicyclic) bond motifs is 1. The van der Waals surface area contributed by atoms with Crippen LogP contribution >= 0.6 is 11.6 Å². The number of piperazine rings is 1. The normalized spacial score (nSPS) is 16.7. The summed E-state index contributed by atoms with van der Waals surface area (Å²) in [7, 11) is -3.77. The third kappa shape index (κ3) is 5.42. The van der Waals surface area contributed by atoms with Crippen molar-refractivity contribution in [2.45, 2.75) is 37.6 Å². The second-order valence-corrected chi connectivity index (χ2v) is 11.8. The molecule has 38 heavy (non-hydrogen) atoms. The Hall–Kier alpha value is -3.37. The Morgan fingerprint density at radius 3 is 2.50 bits per heavy atom. The van der Waals surface area contributed by atoms with Gasteiger partial charge < -0.3 is 14.7 Å². The van der Waals surface area contributed by atoms with Crippen LogP contribution in [-0.4, -0.2) is 68.0 Å². The van der Waals surface area contributed by atoms with Crippen LogP contribution in [-0.2, 0) is 21.2 Å². The predicted octanol–water partition coefficient (Wildman–Crippen LogP) is 3.73. The van der Waals surface area contributed by atoms with Crippen molar-refractivity contribution in [3.63, 3.8) is 0 Å². The molecule has 0 saturated carbocycles. The van der Waals surface area contributed by atoms with Crippen LogP contribution in [0, 0.1) is 6.92 Å². The van der Waals surface area contributed by atoms with Gasteiger partial charge >= 0.3 is 0 Å². The number of sulfonamides is 1. The third-order valence-electron chi connectivity index (χ3n) is 7.25. The van der Waals surface area contributed by atoms with Gasteiger partial charge in [-0.1, -0.05) is 11.6 Å². The lowest BCUT2D eigenvalue weighted by Crippen LogP contribution is -2.55. The van der Waals surface area contributed by atoms with Crippen LogP contribution in [0.15, 0.2) is 59.9 Å². The molecule has 11 heteroatoms. The number of nitrogens with one attached hydrogen (secondary N) is 1. The maximum absolute atomic E-state index is 13.4. The lowest BCUT2D eigenvalue weighted by Gasteiger charge is -2.41. The van der Waals surface area contributed by atoms with E-state index < -0.39 is 10.0 Å². The van der Waals surface area contributed by atoms with Gasteiger partial charge in [0.2, 0.25) is 5.91 Å². The Bertz CT molecular complexity index is 1420. The molecule has 0 bridgehead atoms. The summed E-state index contributed by atoms with van der Waals surface area (Å²) in [5, 5.41) is 0.725. The number of hydrogen-bond donors (Lipinski definition) is 1. The fraction of sp³-hybridized carbons (Fsp3) is 0.370. The number of anilines is 3. The number of halogens is 1. The zero-order chi connectivity index (χ0) is 26.9. The van der Waals surface area contributed by atoms with Crippen molar-refractivity contribution in [3.8, 4) is 0 Å². The SMILES string of the molecule is Cc1cncnc1NS(=O)(=O)c1ccc(N2CCN(C(=O)[C@@H](C)N3CCCc4cc(Cl)ccc43)CC2)cc1. The van der Waals surface area contributed by atoms with Crippen molar-refractivity contribution in [1.82, 2.24) is 14.9 Å². The fourth-order valence-corrected chi connectivity index (χ4v) is 6.38. The van der Waals surface area contributed by atoms with Crippen molar-refractivity contribution in [2.24, 2.45) is 0 Å². The number of hydrogen-bond acceptors (Lipinski definition) is 7. The monoisotopic (exact) mass is 554 g/mol. The summed E-state index contributed by atoms with van der Waals surface area (Å²) in [6.45, 7) is 7.15. The van der Waals surface area contributed by atoms with Gasteiger partial charge in [0.15, 0.2) is 0 Å². The Kier molecular flexibility index (Phi) is 7.45. The number of amides is 1. The van der Waals surface area contributed by atoms with Gasteiger partial charge in [-0.05, 0) is 74.7 Å². The highest BCUT2D eigenvalue weighted by Crippen LogP contribution is 2.31. The Morgan fingerprint density at radius 2 is 1.79 bits per heavy atom. The highest BCUT2D eigenvalue weighted by molar-refractivity contribution is 7.92. The molecular weight excluding hydrogens is 524 g/mol. The van der Waals surface area contributed by atoms with Crippen LogP contribution in [0.25, 0.3) is 0 Å². The minimum Gasteiger partial charge on any atom is -0.368 e. The van der Waals surface area contributed by atoms with Gasteiger partial charge in [-0.15, -0.1) is 0 Å². The number of carbonyl (C=O) groups is 1. The molecule has 2 aliphatic heterocycles. The van der Waals surface area contributed by atoms with Gasteiger partial charge in [0, 0.05) is 60.9 Å². The number of aromatic nitrogens is 2. The molecule has 3 aromatic rings. The van der Waals surface area contributed by atoms with E-state index >= 15 is 0 Å². The third-order valence-corrected chi connectivity index (χ3v) is 8.84. The lowest BCUT2D eigenvalue weighted by atomic mass is 10.00. The van der Waals surface area contributed by atoms with Gasteiger partial charge in [0.1, 0.15) is 18.2 Å². The van der Waals surface area contributed by atoms with Gasteiger partial charge in [0.25, 0.3) is 10.0 Å². The maximum atomic E-state index is 13.4. The quantitative estimate of drug-likeness (QED) is 0.495. The molecule has 2 aliphatic rings. The van der Waals surface area contributed by atoms with Crippen molar-refractivity contribution >= 4 is 44.7 Å². The number of aryl methyl sites for hydroxylation is 2. The van der Waals surface area contributed by atoms with E-state index in [-0.39, 0.29) is 22.7 Å². The first-order chi connectivity index (χ1) is 18.2. The first kappa shape index (κ1) is 26.2. The highest BCUT2D eigenvalue weighted by atomic mass is 35.5. The second kappa shape index (κ2) is 10.8. The largest absolute Gasteiger partial charge is 0.368 e. The molecule has 9 nitrogen and oxygen atoms in total. The van der Waals surface area contributed by atoms with Crippen LogP contribution in [0.3, 0.4) is 0 Å². The average Bonchev–Trinajstić information content (AvgIpc) is 2.93. The summed E-state index contributed by atoms with van der Waals surface area (Å²) in [5.74, 6) is 0.385. The smallest absolute Gasteiger partial charge is 0.263 e. The minimum absolute atomic E-state index is 0.125. The standard InChI is InChI=1S/C27H31ClN6O3S/c1-19-17-29-18-30-26(19)31-38(36,37)24-8-6-23(7-9-24)32-12-14-33(15-13-32)27(35)20(2)34-11-3-4-21-16-22(28)5-10-25(21)34/h5-10,16-18,20H,3-4,11-15H2,1-2H3,(H,29,30,31)/t20-/m1/s1. The summed E-state index contributed by atoms with van der Waals surface area (Å²) in [5.41, 5.74) is 3.85. The minimum atomic E-state index is -3.77. The van der Waals surface area contributed by atoms with E-state index in [1.54, 1.807) is 37.4 Å². The summed E-state index contributed by atoms with van der Waals surface area (Å²) >= 11 is 6.19. The molecule has 1 saturated heterocycles. The van der Waals surface area contributed by atoms with E-state index in [0.717, 1.165) is 35.8 Å². The Labute approximate surface area is 228 Å². The van der Waals surface area contributed by atoms with Gasteiger partial charge in [-0.25, -0.2) is 18.4 Å². The van der Waals surface area contributed by atoms with Crippen LogP contribution in [0.1, 0.15) is 24.5 Å². The van der Waals surface area contributed by atoms with E-state index in [0.29, 0.717) is 31.7 Å². The maximum Gasteiger partial charge on any atom is 0.263 e. The van der Waals surface area contributed by atoms with Gasteiger partial charge in [-0.3, -0.25) is 9.52 Å². The molecule has 1 amide bonds. The van der Waals surface area contributed by atoms with Crippen molar-refractivity contribution in [3.05, 3.63) is 71.1 Å². The molecule has 0 spiro atoms. The zero-order valence-electron chi connectivity index (χ0n) is 21.5. The van der Waals surface area contributed by atoms with Gasteiger partial charge in [-0.2, -0.15) is 0 Å². The second-order valence-electron chi connectivity index (χ2n) is 9.71. The number of benzene rings is 2. The molecule has 0 unspecified atom stereocenters. The van der Waals surface area contributed by atoms with Crippen molar-refractivity contribution in [1.29, 1.82) is 0 Å². The van der Waals surface area contributed by atoms with Crippen LogP contribution in [0.2, 0.25) is 5.02 Å². The number of rotatable bonds is 6. The van der Waals surface area contributed by atoms with Crippen LogP contribution < -0.4 is 14.5 Å². The fourth-order valence-electron chi connectivity index (χ4n) is 5.11. The topological polar surface area (TPSA) is 98.7 Å². The van der Waals surface area contributed by atoms with E-state index in [1.165, 1.54) is 11.9 Å². The summed E-state index contributed by atoms with van der Waals surface area (Å²) in [6.07, 6.45) is 4.84. The van der Waals surface area contributed by atoms with E-state index in [2.05, 4.69) is 24.5 Å². The lowest BCUT2D eigenvalue weighted by molar-refractivity contribution is -0.132. The van der Waals surface area contributed by atoms with E-state index in [4.69, 9.17) is 11.6 Å². The summed E-state index contributed by atoms with van der Waals surface area (Å²) < 4.78 is 28.1. The molecule has 1 fully saturated rings. The molecule has 3 heterocycles. The number of carbonyl (C=O) groups excluding carboxylic acids is 1. The molecular formula is C27H31ClN6O3S. The Balaban J connectivity index is 1.20. The first-order valence-corrected chi connectivity index (χ1v) is 14.6. The Morgan fingerprint density at radius 1 is 1.05 bits per heavy atom. The van der Waals surface area contributed by atoms with Crippen LogP contribution in [0.4, 0.5) is 17.2 Å². The van der Waals surface area contributed by atoms with Crippen molar-refractivity contribution in [2.75, 3.05) is 47.2 Å². The zero-order valence-corrected chi connectivity index (χ0v) is 23.0. The molecule has 0 aliphatic carbocycles. The first-order valence-electron chi connectivity index (χ1n) is 12.7. The predicted molar refractivity (Wildman–Crippen MR) is 149 cm³/mol. The molecule has 200 valence electrons. The van der Waals surface area contributed by atoms with Crippen LogP contribution in [0.5, 0.6) is 0 Å². The van der Waals surface area contributed by atoms with E-state index in [1.807, 2.05) is 30.0 Å². The molecule has 1 aromatic heterocycles. The summed E-state index contributed by atoms with van der Waals surface area (Å²) in [4.78, 5) is 27.8. The molecule has 0 radical (unpaired) electrons. The average molecular weight is 555 g/mol.